The molecule has 0 saturated heterocycles. The fourth-order valence-corrected chi connectivity index (χ4v) is 1.97. The number of hydrogen-bond donors (Lipinski definition) is 0. The van der Waals surface area contributed by atoms with Gasteiger partial charge < -0.3 is 18.9 Å². The summed E-state index contributed by atoms with van der Waals surface area (Å²) in [6.07, 6.45) is 1.74. The van der Waals surface area contributed by atoms with Gasteiger partial charge in [-0.25, -0.2) is 0 Å². The number of hydrogen-bond acceptors (Lipinski definition) is 5. The molecule has 0 fully saturated rings. The zero-order valence-corrected chi connectivity index (χ0v) is 13.1. The van der Waals surface area contributed by atoms with Gasteiger partial charge in [0.2, 0.25) is 0 Å². The lowest BCUT2D eigenvalue weighted by molar-refractivity contribution is 0.355. The lowest BCUT2D eigenvalue weighted by Crippen LogP contribution is -1.92. The maximum absolute atomic E-state index is 5.34. The average molecular weight is 301 g/mol. The molecule has 0 amide bonds. The highest BCUT2D eigenvalue weighted by molar-refractivity contribution is 5.86. The monoisotopic (exact) mass is 301 g/mol. The molecule has 0 unspecified atom stereocenters. The van der Waals surface area contributed by atoms with Crippen LogP contribution in [0.5, 0.6) is 23.0 Å². The number of nitrogens with zero attached hydrogens (tertiary/aromatic N) is 1. The molecule has 0 aliphatic carbocycles. The molecule has 2 aromatic rings. The third-order valence-electron chi connectivity index (χ3n) is 3.16. The van der Waals surface area contributed by atoms with E-state index in [1.54, 1.807) is 34.7 Å². The van der Waals surface area contributed by atoms with Gasteiger partial charge in [-0.1, -0.05) is 0 Å². The Labute approximate surface area is 130 Å². The van der Waals surface area contributed by atoms with E-state index in [-0.39, 0.29) is 0 Å². The zero-order chi connectivity index (χ0) is 15.9. The van der Waals surface area contributed by atoms with Crippen molar-refractivity contribution in [2.24, 2.45) is 4.99 Å². The van der Waals surface area contributed by atoms with Crippen LogP contribution in [0.1, 0.15) is 5.56 Å². The maximum Gasteiger partial charge on any atom is 0.162 e. The Morgan fingerprint density at radius 1 is 0.727 bits per heavy atom. The van der Waals surface area contributed by atoms with Crippen molar-refractivity contribution in [1.82, 2.24) is 0 Å². The molecule has 0 aliphatic rings. The van der Waals surface area contributed by atoms with Gasteiger partial charge in [0, 0.05) is 23.9 Å². The second-order valence-corrected chi connectivity index (χ2v) is 4.41. The molecular weight excluding hydrogens is 282 g/mol. The van der Waals surface area contributed by atoms with E-state index in [2.05, 4.69) is 4.99 Å². The van der Waals surface area contributed by atoms with Crippen LogP contribution in [0, 0.1) is 0 Å². The summed E-state index contributed by atoms with van der Waals surface area (Å²) in [5.41, 5.74) is 1.62. The highest BCUT2D eigenvalue weighted by atomic mass is 16.5. The maximum atomic E-state index is 5.34. The van der Waals surface area contributed by atoms with Gasteiger partial charge >= 0.3 is 0 Å². The fourth-order valence-electron chi connectivity index (χ4n) is 1.97. The van der Waals surface area contributed by atoms with Crippen molar-refractivity contribution < 1.29 is 18.9 Å². The molecule has 0 aromatic heterocycles. The van der Waals surface area contributed by atoms with Crippen molar-refractivity contribution >= 4 is 11.9 Å². The number of aliphatic imine (C=N–C) groups is 1. The van der Waals surface area contributed by atoms with Crippen molar-refractivity contribution in [2.75, 3.05) is 28.4 Å². The molecule has 0 spiro atoms. The topological polar surface area (TPSA) is 49.3 Å². The average Bonchev–Trinajstić information content (AvgIpc) is 2.59. The first kappa shape index (κ1) is 15.7. The largest absolute Gasteiger partial charge is 0.497 e. The van der Waals surface area contributed by atoms with Crippen molar-refractivity contribution in [3.8, 4) is 23.0 Å². The first-order chi connectivity index (χ1) is 10.7. The molecule has 2 rings (SSSR count). The van der Waals surface area contributed by atoms with E-state index in [1.807, 2.05) is 36.4 Å². The quantitative estimate of drug-likeness (QED) is 0.767. The van der Waals surface area contributed by atoms with Crippen molar-refractivity contribution in [3.63, 3.8) is 0 Å². The van der Waals surface area contributed by atoms with E-state index < -0.39 is 0 Å². The van der Waals surface area contributed by atoms with E-state index in [0.29, 0.717) is 17.2 Å². The lowest BCUT2D eigenvalue weighted by atomic mass is 10.2. The Morgan fingerprint density at radius 2 is 1.45 bits per heavy atom. The van der Waals surface area contributed by atoms with E-state index >= 15 is 0 Å². The summed E-state index contributed by atoms with van der Waals surface area (Å²) in [6.45, 7) is 0. The molecule has 0 heterocycles. The van der Waals surface area contributed by atoms with Crippen LogP contribution in [0.3, 0.4) is 0 Å². The molecule has 0 radical (unpaired) electrons. The van der Waals surface area contributed by atoms with Crippen LogP contribution < -0.4 is 18.9 Å². The predicted octanol–water partition coefficient (Wildman–Crippen LogP) is 3.47. The van der Waals surface area contributed by atoms with Crippen molar-refractivity contribution in [3.05, 3.63) is 42.0 Å². The second kappa shape index (κ2) is 7.36. The number of benzene rings is 2. The number of ether oxygens (including phenoxy) is 4. The highest BCUT2D eigenvalue weighted by Crippen LogP contribution is 2.31. The first-order valence-electron chi connectivity index (χ1n) is 6.70. The Hall–Kier alpha value is -2.69. The van der Waals surface area contributed by atoms with E-state index in [4.69, 9.17) is 18.9 Å². The molecule has 0 aliphatic heterocycles. The van der Waals surface area contributed by atoms with E-state index in [9.17, 15) is 0 Å². The summed E-state index contributed by atoms with van der Waals surface area (Å²) in [5.74, 6) is 2.74. The van der Waals surface area contributed by atoms with Gasteiger partial charge in [0.15, 0.2) is 11.5 Å². The molecule has 0 atom stereocenters. The van der Waals surface area contributed by atoms with E-state index in [1.165, 1.54) is 0 Å². The summed E-state index contributed by atoms with van der Waals surface area (Å²) in [6, 6.07) is 11.0. The Kier molecular flexibility index (Phi) is 5.25. The van der Waals surface area contributed by atoms with Crippen LogP contribution in [0.25, 0.3) is 0 Å². The summed E-state index contributed by atoms with van der Waals surface area (Å²) in [7, 11) is 6.43. The van der Waals surface area contributed by atoms with Gasteiger partial charge in [-0.05, 0) is 24.3 Å². The van der Waals surface area contributed by atoms with Gasteiger partial charge in [-0.15, -0.1) is 0 Å². The molecule has 5 nitrogen and oxygen atoms in total. The normalized spacial score (nSPS) is 10.5. The summed E-state index contributed by atoms with van der Waals surface area (Å²) in [5, 5.41) is 0. The van der Waals surface area contributed by atoms with Gasteiger partial charge in [-0.3, -0.25) is 4.99 Å². The third-order valence-corrected chi connectivity index (χ3v) is 3.16. The van der Waals surface area contributed by atoms with Crippen LogP contribution in [0.15, 0.2) is 41.4 Å². The molecule has 22 heavy (non-hydrogen) atoms. The van der Waals surface area contributed by atoms with Crippen molar-refractivity contribution in [1.29, 1.82) is 0 Å². The lowest BCUT2D eigenvalue weighted by Gasteiger charge is -2.08. The molecule has 0 N–H and O–H groups in total. The summed E-state index contributed by atoms with van der Waals surface area (Å²) < 4.78 is 21.0. The fraction of sp³-hybridized carbons (Fsp3) is 0.235. The second-order valence-electron chi connectivity index (χ2n) is 4.41. The van der Waals surface area contributed by atoms with Crippen LogP contribution >= 0.6 is 0 Å². The molecule has 0 bridgehead atoms. The Bertz CT molecular complexity index is 668. The molecular formula is C17H19NO4. The van der Waals surface area contributed by atoms with Crippen LogP contribution in [-0.4, -0.2) is 34.7 Å². The summed E-state index contributed by atoms with van der Waals surface area (Å²) >= 11 is 0. The first-order valence-corrected chi connectivity index (χ1v) is 6.70. The molecule has 5 heteroatoms. The molecule has 2 aromatic carbocycles. The van der Waals surface area contributed by atoms with Gasteiger partial charge in [0.25, 0.3) is 0 Å². The van der Waals surface area contributed by atoms with Crippen LogP contribution in [0.4, 0.5) is 5.69 Å². The minimum absolute atomic E-state index is 0.638. The smallest absolute Gasteiger partial charge is 0.162 e. The zero-order valence-electron chi connectivity index (χ0n) is 13.1. The SMILES string of the molecule is COc1ccc(C=Nc2ccc(OC)c(OC)c2)c(OC)c1. The van der Waals surface area contributed by atoms with Gasteiger partial charge in [0.05, 0.1) is 34.1 Å². The standard InChI is InChI=1S/C17H19NO4/c1-19-14-7-5-12(16(10-14)21-3)11-18-13-6-8-15(20-2)17(9-13)22-4/h5-11H,1-4H3. The minimum Gasteiger partial charge on any atom is -0.497 e. The third kappa shape index (κ3) is 3.49. The minimum atomic E-state index is 0.638. The molecule has 0 saturated carbocycles. The van der Waals surface area contributed by atoms with Crippen LogP contribution in [0.2, 0.25) is 0 Å². The van der Waals surface area contributed by atoms with Crippen molar-refractivity contribution in [2.45, 2.75) is 0 Å². The predicted molar refractivity (Wildman–Crippen MR) is 86.3 cm³/mol. The number of methoxy groups -OCH3 is 4. The summed E-state index contributed by atoms with van der Waals surface area (Å²) in [4.78, 5) is 4.44. The van der Waals surface area contributed by atoms with E-state index in [0.717, 1.165) is 17.0 Å². The Morgan fingerprint density at radius 3 is 2.09 bits per heavy atom. The van der Waals surface area contributed by atoms with Gasteiger partial charge in [0.1, 0.15) is 11.5 Å². The van der Waals surface area contributed by atoms with Crippen LogP contribution in [-0.2, 0) is 0 Å². The van der Waals surface area contributed by atoms with Gasteiger partial charge in [-0.2, -0.15) is 0 Å². The highest BCUT2D eigenvalue weighted by Gasteiger charge is 2.05. The Balaban J connectivity index is 2.28. The molecule has 116 valence electrons. The number of rotatable bonds is 6.